The van der Waals surface area contributed by atoms with Gasteiger partial charge in [0.1, 0.15) is 11.9 Å². The smallest absolute Gasteiger partial charge is 0.224 e. The van der Waals surface area contributed by atoms with E-state index in [1.807, 2.05) is 6.07 Å². The van der Waals surface area contributed by atoms with Crippen LogP contribution in [-0.2, 0) is 4.74 Å². The number of hydrogen-bond donors (Lipinski definition) is 1. The number of benzene rings is 1. The molecule has 2 fully saturated rings. The number of ether oxygens (including phenoxy) is 2. The molecule has 3 heterocycles. The largest absolute Gasteiger partial charge is 0.480 e. The van der Waals surface area contributed by atoms with E-state index < -0.39 is 5.60 Å². The first kappa shape index (κ1) is 17.5. The van der Waals surface area contributed by atoms with Crippen LogP contribution in [0.1, 0.15) is 12.8 Å². The lowest BCUT2D eigenvalue weighted by Gasteiger charge is -2.41. The molecular weight excluding hydrogens is 332 g/mol. The van der Waals surface area contributed by atoms with Gasteiger partial charge in [0.05, 0.1) is 24.6 Å². The highest BCUT2D eigenvalue weighted by Crippen LogP contribution is 2.27. The van der Waals surface area contributed by atoms with E-state index in [0.717, 1.165) is 62.2 Å². The van der Waals surface area contributed by atoms with Crippen molar-refractivity contribution in [1.82, 2.24) is 14.9 Å². The molecule has 0 saturated carbocycles. The molecule has 7 nitrogen and oxygen atoms in total. The van der Waals surface area contributed by atoms with Crippen LogP contribution in [0.3, 0.4) is 0 Å². The zero-order valence-electron chi connectivity index (χ0n) is 15.2. The minimum absolute atomic E-state index is 0.456. The zero-order chi connectivity index (χ0) is 18.0. The maximum atomic E-state index is 10.7. The fourth-order valence-corrected chi connectivity index (χ4v) is 3.92. The fourth-order valence-electron chi connectivity index (χ4n) is 3.92. The summed E-state index contributed by atoms with van der Waals surface area (Å²) in [5, 5.41) is 11.6. The van der Waals surface area contributed by atoms with Gasteiger partial charge in [0, 0.05) is 45.0 Å². The van der Waals surface area contributed by atoms with Crippen LogP contribution in [0.25, 0.3) is 10.9 Å². The molecule has 1 N–H and O–H groups in total. The Bertz CT molecular complexity index is 756. The Morgan fingerprint density at radius 1 is 1.23 bits per heavy atom. The van der Waals surface area contributed by atoms with Crippen LogP contribution in [0.2, 0.25) is 0 Å². The van der Waals surface area contributed by atoms with Crippen molar-refractivity contribution in [3.8, 4) is 5.88 Å². The van der Waals surface area contributed by atoms with Crippen molar-refractivity contribution in [3.63, 3.8) is 0 Å². The second-order valence-electron chi connectivity index (χ2n) is 7.23. The molecule has 0 amide bonds. The van der Waals surface area contributed by atoms with Crippen molar-refractivity contribution in [2.75, 3.05) is 57.9 Å². The second kappa shape index (κ2) is 7.34. The van der Waals surface area contributed by atoms with Gasteiger partial charge in [-0.2, -0.15) is 0 Å². The van der Waals surface area contributed by atoms with Crippen LogP contribution in [0, 0.1) is 0 Å². The van der Waals surface area contributed by atoms with Crippen LogP contribution < -0.4 is 9.64 Å². The predicted molar refractivity (Wildman–Crippen MR) is 99.7 cm³/mol. The van der Waals surface area contributed by atoms with E-state index in [0.29, 0.717) is 19.0 Å². The van der Waals surface area contributed by atoms with E-state index in [4.69, 9.17) is 9.47 Å². The number of methoxy groups -OCH3 is 1. The summed E-state index contributed by atoms with van der Waals surface area (Å²) in [6.45, 7) is 5.64. The quantitative estimate of drug-likeness (QED) is 0.883. The van der Waals surface area contributed by atoms with Crippen LogP contribution in [0.15, 0.2) is 24.5 Å². The first-order valence-corrected chi connectivity index (χ1v) is 9.23. The van der Waals surface area contributed by atoms with E-state index in [1.165, 1.54) is 6.33 Å². The summed E-state index contributed by atoms with van der Waals surface area (Å²) < 4.78 is 10.8. The van der Waals surface area contributed by atoms with Crippen molar-refractivity contribution < 1.29 is 14.6 Å². The highest BCUT2D eigenvalue weighted by Gasteiger charge is 2.33. The molecule has 0 aliphatic carbocycles. The molecule has 4 rings (SSSR count). The molecule has 0 radical (unpaired) electrons. The topological polar surface area (TPSA) is 71.0 Å². The van der Waals surface area contributed by atoms with Gasteiger partial charge < -0.3 is 19.5 Å². The number of piperazine rings is 1. The second-order valence-corrected chi connectivity index (χ2v) is 7.23. The van der Waals surface area contributed by atoms with Gasteiger partial charge >= 0.3 is 0 Å². The van der Waals surface area contributed by atoms with Gasteiger partial charge in [-0.15, -0.1) is 0 Å². The first-order valence-electron chi connectivity index (χ1n) is 9.23. The molecule has 2 aliphatic rings. The van der Waals surface area contributed by atoms with Crippen molar-refractivity contribution in [3.05, 3.63) is 24.5 Å². The Balaban J connectivity index is 1.42. The van der Waals surface area contributed by atoms with Gasteiger partial charge in [-0.05, 0) is 31.0 Å². The summed E-state index contributed by atoms with van der Waals surface area (Å²) in [7, 11) is 1.63. The fraction of sp³-hybridized carbons (Fsp3) is 0.579. The van der Waals surface area contributed by atoms with Crippen LogP contribution >= 0.6 is 0 Å². The first-order chi connectivity index (χ1) is 12.7. The van der Waals surface area contributed by atoms with Crippen molar-refractivity contribution in [2.45, 2.75) is 18.4 Å². The Labute approximate surface area is 153 Å². The van der Waals surface area contributed by atoms with Crippen LogP contribution in [0.4, 0.5) is 5.69 Å². The average Bonchev–Trinajstić information content (AvgIpc) is 2.68. The normalized spacial score (nSPS) is 24.8. The molecule has 2 aromatic rings. The maximum absolute atomic E-state index is 10.7. The molecule has 1 unspecified atom stereocenters. The lowest BCUT2D eigenvalue weighted by Crippen LogP contribution is -2.54. The van der Waals surface area contributed by atoms with E-state index in [2.05, 4.69) is 31.9 Å². The highest BCUT2D eigenvalue weighted by atomic mass is 16.5. The molecule has 140 valence electrons. The summed E-state index contributed by atoms with van der Waals surface area (Å²) in [6.07, 6.45) is 3.30. The minimum atomic E-state index is -0.686. The summed E-state index contributed by atoms with van der Waals surface area (Å²) in [5.41, 5.74) is 1.36. The standard InChI is InChI=1S/C19H26N4O3/c1-25-18-16-11-15(3-4-17(16)20-14-21-18)23-8-6-22(7-9-23)12-19(24)5-2-10-26-13-19/h3-4,11,14,24H,2,5-10,12-13H2,1H3. The average molecular weight is 358 g/mol. The Morgan fingerprint density at radius 3 is 2.81 bits per heavy atom. The Hall–Kier alpha value is -1.96. The van der Waals surface area contributed by atoms with E-state index in [9.17, 15) is 5.11 Å². The number of hydrogen-bond acceptors (Lipinski definition) is 7. The molecule has 1 aromatic carbocycles. The highest BCUT2D eigenvalue weighted by molar-refractivity contribution is 5.86. The number of β-amino-alcohol motifs (C(OH)–C–C–N with tert-alkyl or cyclic N) is 1. The number of aliphatic hydroxyl groups is 1. The van der Waals surface area contributed by atoms with E-state index in [-0.39, 0.29) is 0 Å². The summed E-state index contributed by atoms with van der Waals surface area (Å²) in [4.78, 5) is 13.2. The molecule has 0 spiro atoms. The van der Waals surface area contributed by atoms with Gasteiger partial charge in [-0.3, -0.25) is 4.90 Å². The number of fused-ring (bicyclic) bond motifs is 1. The van der Waals surface area contributed by atoms with Crippen molar-refractivity contribution in [2.24, 2.45) is 0 Å². The lowest BCUT2D eigenvalue weighted by atomic mass is 9.96. The van der Waals surface area contributed by atoms with Crippen LogP contribution in [-0.4, -0.2) is 78.6 Å². The molecular formula is C19H26N4O3. The van der Waals surface area contributed by atoms with Gasteiger partial charge in [-0.25, -0.2) is 9.97 Å². The molecule has 2 saturated heterocycles. The third kappa shape index (κ3) is 3.60. The molecule has 7 heteroatoms. The van der Waals surface area contributed by atoms with Crippen molar-refractivity contribution in [1.29, 1.82) is 0 Å². The zero-order valence-corrected chi connectivity index (χ0v) is 15.2. The number of anilines is 1. The number of rotatable bonds is 4. The summed E-state index contributed by atoms with van der Waals surface area (Å²) in [5.74, 6) is 0.606. The van der Waals surface area contributed by atoms with Gasteiger partial charge in [0.15, 0.2) is 0 Å². The molecule has 26 heavy (non-hydrogen) atoms. The van der Waals surface area contributed by atoms with Crippen LogP contribution in [0.5, 0.6) is 5.88 Å². The Kier molecular flexibility index (Phi) is 4.93. The SMILES string of the molecule is COc1ncnc2ccc(N3CCN(CC4(O)CCCOC4)CC3)cc12. The van der Waals surface area contributed by atoms with E-state index in [1.54, 1.807) is 7.11 Å². The monoisotopic (exact) mass is 358 g/mol. The third-order valence-electron chi connectivity index (χ3n) is 5.33. The van der Waals surface area contributed by atoms with E-state index >= 15 is 0 Å². The summed E-state index contributed by atoms with van der Waals surface area (Å²) in [6, 6.07) is 6.22. The minimum Gasteiger partial charge on any atom is -0.480 e. The van der Waals surface area contributed by atoms with Gasteiger partial charge in [0.2, 0.25) is 5.88 Å². The third-order valence-corrected chi connectivity index (χ3v) is 5.33. The maximum Gasteiger partial charge on any atom is 0.224 e. The molecule has 1 aromatic heterocycles. The molecule has 0 bridgehead atoms. The van der Waals surface area contributed by atoms with Gasteiger partial charge in [-0.1, -0.05) is 0 Å². The predicted octanol–water partition coefficient (Wildman–Crippen LogP) is 1.30. The van der Waals surface area contributed by atoms with Gasteiger partial charge in [0.25, 0.3) is 0 Å². The number of aromatic nitrogens is 2. The molecule has 1 atom stereocenters. The Morgan fingerprint density at radius 2 is 2.08 bits per heavy atom. The number of nitrogens with zero attached hydrogens (tertiary/aromatic N) is 4. The van der Waals surface area contributed by atoms with Crippen molar-refractivity contribution >= 4 is 16.6 Å². The lowest BCUT2D eigenvalue weighted by molar-refractivity contribution is -0.100. The summed E-state index contributed by atoms with van der Waals surface area (Å²) >= 11 is 0. The molecule has 2 aliphatic heterocycles.